The van der Waals surface area contributed by atoms with Gasteiger partial charge in [0, 0.05) is 10.6 Å². The lowest BCUT2D eigenvalue weighted by molar-refractivity contribution is 0.600. The van der Waals surface area contributed by atoms with Crippen molar-refractivity contribution >= 4 is 32.2 Å². The van der Waals surface area contributed by atoms with Gasteiger partial charge in [0.2, 0.25) is 0 Å². The number of aromatic nitrogens is 1. The van der Waals surface area contributed by atoms with Gasteiger partial charge in [0.25, 0.3) is 10.0 Å². The van der Waals surface area contributed by atoms with Crippen molar-refractivity contribution in [3.05, 3.63) is 34.3 Å². The summed E-state index contributed by atoms with van der Waals surface area (Å²) in [7, 11) is -3.65. The lowest BCUT2D eigenvalue weighted by atomic mass is 10.2. The summed E-state index contributed by atoms with van der Waals surface area (Å²) < 4.78 is 27.1. The summed E-state index contributed by atoms with van der Waals surface area (Å²) in [6, 6.07) is 4.82. The number of thiazole rings is 1. The number of nitrogen functional groups attached to an aromatic ring is 1. The standard InChI is InChI=1S/C12H15N3O2S2/c1-7-10(13)5-4-6-11(7)19(16,17)15-12-14-8(2)9(3)18-12/h4-6H,13H2,1-3H3,(H,14,15). The van der Waals surface area contributed by atoms with Crippen molar-refractivity contribution in [1.82, 2.24) is 4.98 Å². The van der Waals surface area contributed by atoms with Crippen LogP contribution in [0.25, 0.3) is 0 Å². The van der Waals surface area contributed by atoms with Crippen molar-refractivity contribution in [2.45, 2.75) is 25.7 Å². The molecule has 19 heavy (non-hydrogen) atoms. The van der Waals surface area contributed by atoms with E-state index in [4.69, 9.17) is 5.73 Å². The average molecular weight is 297 g/mol. The van der Waals surface area contributed by atoms with Crippen LogP contribution < -0.4 is 10.5 Å². The monoisotopic (exact) mass is 297 g/mol. The number of nitrogens with two attached hydrogens (primary N) is 1. The second kappa shape index (κ2) is 4.82. The molecule has 2 rings (SSSR count). The number of aryl methyl sites for hydroxylation is 2. The molecule has 3 N–H and O–H groups in total. The van der Waals surface area contributed by atoms with Crippen LogP contribution in [0, 0.1) is 20.8 Å². The minimum absolute atomic E-state index is 0.179. The van der Waals surface area contributed by atoms with Crippen LogP contribution >= 0.6 is 11.3 Å². The molecule has 7 heteroatoms. The van der Waals surface area contributed by atoms with E-state index in [1.54, 1.807) is 19.1 Å². The fourth-order valence-electron chi connectivity index (χ4n) is 1.61. The lowest BCUT2D eigenvalue weighted by Crippen LogP contribution is -2.14. The summed E-state index contributed by atoms with van der Waals surface area (Å²) in [6.45, 7) is 5.42. The van der Waals surface area contributed by atoms with Crippen LogP contribution in [0.5, 0.6) is 0 Å². The van der Waals surface area contributed by atoms with E-state index in [1.807, 2.05) is 13.8 Å². The number of sulfonamides is 1. The maximum atomic E-state index is 12.3. The molecule has 0 saturated heterocycles. The van der Waals surface area contributed by atoms with E-state index in [0.717, 1.165) is 10.6 Å². The Morgan fingerprint density at radius 2 is 1.95 bits per heavy atom. The first kappa shape index (κ1) is 13.8. The van der Waals surface area contributed by atoms with Crippen molar-refractivity contribution in [2.75, 3.05) is 10.5 Å². The van der Waals surface area contributed by atoms with Gasteiger partial charge in [-0.1, -0.05) is 6.07 Å². The van der Waals surface area contributed by atoms with Crippen molar-refractivity contribution in [2.24, 2.45) is 0 Å². The molecule has 102 valence electrons. The van der Waals surface area contributed by atoms with Crippen LogP contribution in [0.1, 0.15) is 16.1 Å². The highest BCUT2D eigenvalue weighted by atomic mass is 32.2. The molecule has 0 atom stereocenters. The highest BCUT2D eigenvalue weighted by Crippen LogP contribution is 2.26. The predicted molar refractivity (Wildman–Crippen MR) is 78.0 cm³/mol. The smallest absolute Gasteiger partial charge is 0.264 e. The SMILES string of the molecule is Cc1nc(NS(=O)(=O)c2cccc(N)c2C)sc1C. The zero-order valence-corrected chi connectivity index (χ0v) is 12.5. The molecular weight excluding hydrogens is 282 g/mol. The first-order chi connectivity index (χ1) is 8.81. The number of rotatable bonds is 3. The van der Waals surface area contributed by atoms with E-state index in [2.05, 4.69) is 9.71 Å². The number of hydrogen-bond acceptors (Lipinski definition) is 5. The fraction of sp³-hybridized carbons (Fsp3) is 0.250. The molecule has 5 nitrogen and oxygen atoms in total. The molecule has 0 unspecified atom stereocenters. The van der Waals surface area contributed by atoms with Crippen LogP contribution in [0.15, 0.2) is 23.1 Å². The Morgan fingerprint density at radius 1 is 1.26 bits per heavy atom. The molecule has 1 aromatic carbocycles. The molecule has 0 saturated carbocycles. The van der Waals surface area contributed by atoms with E-state index in [-0.39, 0.29) is 4.90 Å². The Hall–Kier alpha value is -1.60. The number of hydrogen-bond donors (Lipinski definition) is 2. The number of nitrogens with zero attached hydrogens (tertiary/aromatic N) is 1. The third kappa shape index (κ3) is 2.71. The van der Waals surface area contributed by atoms with Gasteiger partial charge in [-0.2, -0.15) is 0 Å². The first-order valence-electron chi connectivity index (χ1n) is 5.63. The van der Waals surface area contributed by atoms with E-state index >= 15 is 0 Å². The van der Waals surface area contributed by atoms with Gasteiger partial charge >= 0.3 is 0 Å². The van der Waals surface area contributed by atoms with E-state index < -0.39 is 10.0 Å². The van der Waals surface area contributed by atoms with Crippen molar-refractivity contribution in [3.63, 3.8) is 0 Å². The molecule has 0 aliphatic carbocycles. The van der Waals surface area contributed by atoms with Crippen LogP contribution in [-0.4, -0.2) is 13.4 Å². The number of benzene rings is 1. The zero-order chi connectivity index (χ0) is 14.2. The van der Waals surface area contributed by atoms with Gasteiger partial charge < -0.3 is 5.73 Å². The molecular formula is C12H15N3O2S2. The Balaban J connectivity index is 2.40. The predicted octanol–water partition coefficient (Wildman–Crippen LogP) is 2.45. The topological polar surface area (TPSA) is 85.1 Å². The Morgan fingerprint density at radius 3 is 2.53 bits per heavy atom. The summed E-state index contributed by atoms with van der Waals surface area (Å²) >= 11 is 1.31. The highest BCUT2D eigenvalue weighted by molar-refractivity contribution is 7.93. The summed E-state index contributed by atoms with van der Waals surface area (Å²) in [5.41, 5.74) is 7.55. The Kier molecular flexibility index (Phi) is 3.51. The van der Waals surface area contributed by atoms with Gasteiger partial charge in [-0.3, -0.25) is 4.72 Å². The first-order valence-corrected chi connectivity index (χ1v) is 7.93. The molecule has 0 radical (unpaired) electrons. The molecule has 1 heterocycles. The third-order valence-corrected chi connectivity index (χ3v) is 5.47. The lowest BCUT2D eigenvalue weighted by Gasteiger charge is -2.09. The van der Waals surface area contributed by atoms with Crippen molar-refractivity contribution in [1.29, 1.82) is 0 Å². The quantitative estimate of drug-likeness (QED) is 0.852. The Bertz CT molecular complexity index is 701. The minimum atomic E-state index is -3.65. The highest BCUT2D eigenvalue weighted by Gasteiger charge is 2.19. The van der Waals surface area contributed by atoms with Crippen LogP contribution in [0.2, 0.25) is 0 Å². The molecule has 0 spiro atoms. The van der Waals surface area contributed by atoms with E-state index in [0.29, 0.717) is 16.4 Å². The van der Waals surface area contributed by atoms with Crippen molar-refractivity contribution < 1.29 is 8.42 Å². The second-order valence-corrected chi connectivity index (χ2v) is 7.09. The normalized spacial score (nSPS) is 11.5. The molecule has 0 bridgehead atoms. The third-order valence-electron chi connectivity index (χ3n) is 2.87. The summed E-state index contributed by atoms with van der Waals surface area (Å²) in [6.07, 6.45) is 0. The summed E-state index contributed by atoms with van der Waals surface area (Å²) in [4.78, 5) is 5.34. The van der Waals surface area contributed by atoms with Crippen molar-refractivity contribution in [3.8, 4) is 0 Å². The average Bonchev–Trinajstić information content (AvgIpc) is 2.60. The maximum absolute atomic E-state index is 12.3. The maximum Gasteiger partial charge on any atom is 0.264 e. The van der Waals surface area contributed by atoms with Crippen LogP contribution in [0.4, 0.5) is 10.8 Å². The largest absolute Gasteiger partial charge is 0.398 e. The van der Waals surface area contributed by atoms with Gasteiger partial charge in [0.1, 0.15) is 0 Å². The summed E-state index contributed by atoms with van der Waals surface area (Å²) in [5.74, 6) is 0. The minimum Gasteiger partial charge on any atom is -0.398 e. The van der Waals surface area contributed by atoms with Gasteiger partial charge in [0.15, 0.2) is 5.13 Å². The summed E-state index contributed by atoms with van der Waals surface area (Å²) in [5, 5.41) is 0.372. The Labute approximate surface area is 116 Å². The zero-order valence-electron chi connectivity index (χ0n) is 10.9. The number of anilines is 2. The van der Waals surface area contributed by atoms with Gasteiger partial charge in [-0.15, -0.1) is 11.3 Å². The van der Waals surface area contributed by atoms with E-state index in [9.17, 15) is 8.42 Å². The van der Waals surface area contributed by atoms with Gasteiger partial charge in [0.05, 0.1) is 10.6 Å². The molecule has 0 fully saturated rings. The fourth-order valence-corrected chi connectivity index (χ4v) is 3.93. The molecule has 0 aliphatic heterocycles. The second-order valence-electron chi connectivity index (χ2n) is 4.24. The van der Waals surface area contributed by atoms with E-state index in [1.165, 1.54) is 17.4 Å². The van der Waals surface area contributed by atoms with Gasteiger partial charge in [-0.05, 0) is 38.5 Å². The molecule has 0 aliphatic rings. The van der Waals surface area contributed by atoms with Gasteiger partial charge in [-0.25, -0.2) is 13.4 Å². The molecule has 2 aromatic rings. The molecule has 0 amide bonds. The molecule has 1 aromatic heterocycles. The number of nitrogens with one attached hydrogen (secondary N) is 1. The van der Waals surface area contributed by atoms with Crippen LogP contribution in [0.3, 0.4) is 0 Å². The van der Waals surface area contributed by atoms with Crippen LogP contribution in [-0.2, 0) is 10.0 Å².